The fourth-order valence-electron chi connectivity index (χ4n) is 2.35. The minimum absolute atomic E-state index is 0.163. The minimum Gasteiger partial charge on any atom is -0.391 e. The van der Waals surface area contributed by atoms with E-state index in [0.29, 0.717) is 19.5 Å². The number of nitrogens with zero attached hydrogens (tertiary/aromatic N) is 2. The van der Waals surface area contributed by atoms with Crippen LogP contribution in [0.5, 0.6) is 0 Å². The summed E-state index contributed by atoms with van der Waals surface area (Å²) in [6.45, 7) is 2.98. The van der Waals surface area contributed by atoms with Crippen molar-refractivity contribution < 1.29 is 9.90 Å². The Morgan fingerprint density at radius 1 is 1.43 bits per heavy atom. The molecule has 2 aromatic rings. The van der Waals surface area contributed by atoms with Gasteiger partial charge in [0.15, 0.2) is 0 Å². The number of hydrogen-bond acceptors (Lipinski definition) is 4. The number of amides is 2. The number of β-amino-alcohol motifs (C(OH)–C–C–N with tert-alkyl or cyclic N) is 1. The third-order valence-electron chi connectivity index (χ3n) is 3.50. The second-order valence-corrected chi connectivity index (χ2v) is 6.21. The predicted molar refractivity (Wildman–Crippen MR) is 83.5 cm³/mol. The highest BCUT2D eigenvalue weighted by molar-refractivity contribution is 7.09. The fraction of sp³-hybridized carbons (Fsp3) is 0.333. The number of nitrogens with one attached hydrogen (secondary N) is 1. The summed E-state index contributed by atoms with van der Waals surface area (Å²) in [5, 5.41) is 15.4. The van der Waals surface area contributed by atoms with Gasteiger partial charge >= 0.3 is 6.03 Å². The molecule has 0 radical (unpaired) electrons. The summed E-state index contributed by atoms with van der Waals surface area (Å²) in [6, 6.07) is 7.47. The van der Waals surface area contributed by atoms with Gasteiger partial charge in [0.2, 0.25) is 0 Å². The molecule has 5 nitrogen and oxygen atoms in total. The lowest BCUT2D eigenvalue weighted by molar-refractivity contribution is 0.176. The topological polar surface area (TPSA) is 65.5 Å². The average Bonchev–Trinajstić information content (AvgIpc) is 3.08. The molecule has 1 aromatic carbocycles. The van der Waals surface area contributed by atoms with Crippen LogP contribution in [0.1, 0.15) is 11.4 Å². The number of hydrogen-bond donors (Lipinski definition) is 2. The van der Waals surface area contributed by atoms with Crippen LogP contribution in [-0.4, -0.2) is 40.2 Å². The molecular formula is C15H17N3O2S. The zero-order valence-corrected chi connectivity index (χ0v) is 12.6. The average molecular weight is 303 g/mol. The largest absolute Gasteiger partial charge is 0.391 e. The second-order valence-electron chi connectivity index (χ2n) is 5.15. The Labute approximate surface area is 127 Å². The predicted octanol–water partition coefficient (Wildman–Crippen LogP) is 2.72. The maximum absolute atomic E-state index is 12.0. The van der Waals surface area contributed by atoms with Gasteiger partial charge in [-0.25, -0.2) is 9.78 Å². The molecule has 2 N–H and O–H groups in total. The number of aliphatic hydroxyl groups is 1. The molecule has 1 aliphatic heterocycles. The number of aliphatic hydroxyl groups excluding tert-OH is 1. The van der Waals surface area contributed by atoms with E-state index in [9.17, 15) is 9.90 Å². The van der Waals surface area contributed by atoms with Crippen molar-refractivity contribution in [3.63, 3.8) is 0 Å². The Hall–Kier alpha value is -1.92. The Kier molecular flexibility index (Phi) is 3.90. The van der Waals surface area contributed by atoms with Crippen molar-refractivity contribution in [3.05, 3.63) is 34.7 Å². The number of anilines is 1. The third-order valence-corrected chi connectivity index (χ3v) is 4.28. The molecule has 1 saturated heterocycles. The zero-order chi connectivity index (χ0) is 14.8. The number of benzene rings is 1. The number of carbonyl (C=O) groups excluding carboxylic acids is 1. The van der Waals surface area contributed by atoms with Gasteiger partial charge in [-0.05, 0) is 25.5 Å². The molecule has 1 fully saturated rings. The number of urea groups is 1. The van der Waals surface area contributed by atoms with E-state index in [0.717, 1.165) is 22.0 Å². The van der Waals surface area contributed by atoms with Gasteiger partial charge < -0.3 is 15.3 Å². The standard InChI is InChI=1S/C15H17N3O2S/c1-10-16-14(9-21-10)11-2-4-12(5-3-11)17-15(20)18-7-6-13(19)8-18/h2-5,9,13,19H,6-8H2,1H3,(H,17,20)/t13-/m0/s1. The Morgan fingerprint density at radius 2 is 2.19 bits per heavy atom. The lowest BCUT2D eigenvalue weighted by Gasteiger charge is -2.16. The summed E-state index contributed by atoms with van der Waals surface area (Å²) in [6.07, 6.45) is 0.251. The zero-order valence-electron chi connectivity index (χ0n) is 11.7. The molecule has 3 rings (SSSR count). The molecule has 0 spiro atoms. The lowest BCUT2D eigenvalue weighted by atomic mass is 10.1. The van der Waals surface area contributed by atoms with Gasteiger partial charge in [-0.3, -0.25) is 0 Å². The maximum Gasteiger partial charge on any atom is 0.321 e. The van der Waals surface area contributed by atoms with Crippen molar-refractivity contribution in [2.24, 2.45) is 0 Å². The molecule has 0 aliphatic carbocycles. The van der Waals surface area contributed by atoms with E-state index in [2.05, 4.69) is 10.3 Å². The highest BCUT2D eigenvalue weighted by Gasteiger charge is 2.24. The Bertz CT molecular complexity index is 639. The third kappa shape index (κ3) is 3.22. The Balaban J connectivity index is 1.66. The number of carbonyl (C=O) groups is 1. The van der Waals surface area contributed by atoms with Gasteiger partial charge in [0, 0.05) is 29.7 Å². The first-order valence-corrected chi connectivity index (χ1v) is 7.76. The fourth-order valence-corrected chi connectivity index (χ4v) is 2.97. The van der Waals surface area contributed by atoms with Gasteiger partial charge in [0.1, 0.15) is 0 Å². The van der Waals surface area contributed by atoms with Gasteiger partial charge in [-0.2, -0.15) is 0 Å². The highest BCUT2D eigenvalue weighted by atomic mass is 32.1. The summed E-state index contributed by atoms with van der Waals surface area (Å²) < 4.78 is 0. The van der Waals surface area contributed by atoms with Crippen molar-refractivity contribution in [3.8, 4) is 11.3 Å². The first-order valence-electron chi connectivity index (χ1n) is 6.88. The van der Waals surface area contributed by atoms with Crippen LogP contribution in [0, 0.1) is 6.92 Å². The number of aromatic nitrogens is 1. The van der Waals surface area contributed by atoms with Crippen molar-refractivity contribution in [2.75, 3.05) is 18.4 Å². The van der Waals surface area contributed by atoms with E-state index in [1.165, 1.54) is 0 Å². The molecule has 21 heavy (non-hydrogen) atoms. The van der Waals surface area contributed by atoms with E-state index >= 15 is 0 Å². The first-order chi connectivity index (χ1) is 10.1. The number of rotatable bonds is 2. The molecule has 1 aliphatic rings. The number of likely N-dealkylation sites (tertiary alicyclic amines) is 1. The van der Waals surface area contributed by atoms with E-state index < -0.39 is 6.10 Å². The van der Waals surface area contributed by atoms with Crippen LogP contribution in [0.25, 0.3) is 11.3 Å². The van der Waals surface area contributed by atoms with Crippen molar-refractivity contribution in [1.29, 1.82) is 0 Å². The van der Waals surface area contributed by atoms with Crippen LogP contribution in [0.2, 0.25) is 0 Å². The highest BCUT2D eigenvalue weighted by Crippen LogP contribution is 2.23. The molecule has 1 atom stereocenters. The summed E-state index contributed by atoms with van der Waals surface area (Å²) in [7, 11) is 0. The summed E-state index contributed by atoms with van der Waals surface area (Å²) in [5.74, 6) is 0. The van der Waals surface area contributed by atoms with Crippen LogP contribution in [0.3, 0.4) is 0 Å². The van der Waals surface area contributed by atoms with E-state index in [-0.39, 0.29) is 6.03 Å². The van der Waals surface area contributed by atoms with Gasteiger partial charge in [0.05, 0.1) is 16.8 Å². The molecule has 0 bridgehead atoms. The molecule has 6 heteroatoms. The molecule has 1 aromatic heterocycles. The van der Waals surface area contributed by atoms with Crippen molar-refractivity contribution in [2.45, 2.75) is 19.4 Å². The quantitative estimate of drug-likeness (QED) is 0.896. The second kappa shape index (κ2) is 5.83. The van der Waals surface area contributed by atoms with Gasteiger partial charge in [-0.15, -0.1) is 11.3 Å². The van der Waals surface area contributed by atoms with E-state index in [1.54, 1.807) is 16.2 Å². The first kappa shape index (κ1) is 14.0. The van der Waals surface area contributed by atoms with Crippen LogP contribution in [0.4, 0.5) is 10.5 Å². The van der Waals surface area contributed by atoms with Crippen LogP contribution in [0.15, 0.2) is 29.6 Å². The number of aryl methyl sites for hydroxylation is 1. The molecule has 0 saturated carbocycles. The lowest BCUT2D eigenvalue weighted by Crippen LogP contribution is -2.33. The monoisotopic (exact) mass is 303 g/mol. The minimum atomic E-state index is -0.397. The van der Waals surface area contributed by atoms with Gasteiger partial charge in [0.25, 0.3) is 0 Å². The Morgan fingerprint density at radius 3 is 2.76 bits per heavy atom. The molecule has 2 amide bonds. The number of thiazole rings is 1. The van der Waals surface area contributed by atoms with Crippen LogP contribution >= 0.6 is 11.3 Å². The molecular weight excluding hydrogens is 286 g/mol. The summed E-state index contributed by atoms with van der Waals surface area (Å²) in [4.78, 5) is 18.1. The summed E-state index contributed by atoms with van der Waals surface area (Å²) >= 11 is 1.62. The van der Waals surface area contributed by atoms with Crippen LogP contribution < -0.4 is 5.32 Å². The molecule has 2 heterocycles. The molecule has 0 unspecified atom stereocenters. The normalized spacial score (nSPS) is 18.0. The van der Waals surface area contributed by atoms with Crippen LogP contribution in [-0.2, 0) is 0 Å². The van der Waals surface area contributed by atoms with Crippen molar-refractivity contribution >= 4 is 23.1 Å². The van der Waals surface area contributed by atoms with Gasteiger partial charge in [-0.1, -0.05) is 12.1 Å². The van der Waals surface area contributed by atoms with E-state index in [1.807, 2.05) is 36.6 Å². The maximum atomic E-state index is 12.0. The summed E-state index contributed by atoms with van der Waals surface area (Å²) in [5.41, 5.74) is 2.74. The SMILES string of the molecule is Cc1nc(-c2ccc(NC(=O)N3CC[C@H](O)C3)cc2)cs1. The molecule has 110 valence electrons. The van der Waals surface area contributed by atoms with Crippen molar-refractivity contribution in [1.82, 2.24) is 9.88 Å². The smallest absolute Gasteiger partial charge is 0.321 e. The van der Waals surface area contributed by atoms with E-state index in [4.69, 9.17) is 0 Å².